The molecule has 0 aromatic rings. The first-order valence-electron chi connectivity index (χ1n) is 4.94. The summed E-state index contributed by atoms with van der Waals surface area (Å²) in [4.78, 5) is 20.8. The maximum absolute atomic E-state index is 10.4. The molecule has 1 amide bonds. The SMILES string of the molecule is C=CC(=O)C(C)C.C=CC(=O)NC(C)C. The van der Waals surface area contributed by atoms with Crippen LogP contribution < -0.4 is 5.32 Å². The predicted octanol–water partition coefficient (Wildman–Crippen LogP) is 2.09. The Morgan fingerprint density at radius 2 is 1.53 bits per heavy atom. The molecular formula is C12H21NO2. The van der Waals surface area contributed by atoms with Gasteiger partial charge in [-0.1, -0.05) is 27.0 Å². The number of amides is 1. The van der Waals surface area contributed by atoms with Crippen LogP contribution in [0.15, 0.2) is 25.3 Å². The van der Waals surface area contributed by atoms with Crippen LogP contribution in [-0.4, -0.2) is 17.7 Å². The van der Waals surface area contributed by atoms with Crippen molar-refractivity contribution in [2.75, 3.05) is 0 Å². The Kier molecular flexibility index (Phi) is 9.84. The molecule has 0 aliphatic heterocycles. The van der Waals surface area contributed by atoms with Crippen molar-refractivity contribution in [3.8, 4) is 0 Å². The Morgan fingerprint density at radius 3 is 1.60 bits per heavy atom. The van der Waals surface area contributed by atoms with Crippen molar-refractivity contribution < 1.29 is 9.59 Å². The van der Waals surface area contributed by atoms with Gasteiger partial charge < -0.3 is 5.32 Å². The van der Waals surface area contributed by atoms with Gasteiger partial charge in [-0.2, -0.15) is 0 Å². The van der Waals surface area contributed by atoms with Gasteiger partial charge in [0.05, 0.1) is 0 Å². The van der Waals surface area contributed by atoms with Gasteiger partial charge in [-0.15, -0.1) is 0 Å². The maximum atomic E-state index is 10.4. The molecule has 0 saturated heterocycles. The maximum Gasteiger partial charge on any atom is 0.243 e. The minimum Gasteiger partial charge on any atom is -0.350 e. The van der Waals surface area contributed by atoms with Crippen molar-refractivity contribution in [1.82, 2.24) is 5.32 Å². The third-order valence-electron chi connectivity index (χ3n) is 1.39. The van der Waals surface area contributed by atoms with E-state index in [2.05, 4.69) is 18.5 Å². The van der Waals surface area contributed by atoms with Crippen LogP contribution in [0.25, 0.3) is 0 Å². The summed E-state index contributed by atoms with van der Waals surface area (Å²) < 4.78 is 0. The highest BCUT2D eigenvalue weighted by atomic mass is 16.1. The Bertz CT molecular complexity index is 230. The Morgan fingerprint density at radius 1 is 1.07 bits per heavy atom. The summed E-state index contributed by atoms with van der Waals surface area (Å²) in [5.41, 5.74) is 0. The fourth-order valence-corrected chi connectivity index (χ4v) is 0.579. The summed E-state index contributed by atoms with van der Waals surface area (Å²) in [7, 11) is 0. The van der Waals surface area contributed by atoms with Crippen molar-refractivity contribution in [2.45, 2.75) is 33.7 Å². The Hall–Kier alpha value is -1.38. The van der Waals surface area contributed by atoms with Crippen LogP contribution in [0.4, 0.5) is 0 Å². The first-order valence-corrected chi connectivity index (χ1v) is 4.94. The van der Waals surface area contributed by atoms with E-state index in [-0.39, 0.29) is 23.7 Å². The molecule has 0 bridgehead atoms. The number of ketones is 1. The normalized spacial score (nSPS) is 8.93. The average Bonchev–Trinajstić information content (AvgIpc) is 2.16. The number of hydrogen-bond acceptors (Lipinski definition) is 2. The minimum atomic E-state index is -0.111. The topological polar surface area (TPSA) is 46.2 Å². The van der Waals surface area contributed by atoms with Crippen LogP contribution in [0.2, 0.25) is 0 Å². The summed E-state index contributed by atoms with van der Waals surface area (Å²) >= 11 is 0. The lowest BCUT2D eigenvalue weighted by Gasteiger charge is -2.02. The van der Waals surface area contributed by atoms with E-state index in [1.807, 2.05) is 27.7 Å². The molecule has 0 rings (SSSR count). The Labute approximate surface area is 92.3 Å². The van der Waals surface area contributed by atoms with Gasteiger partial charge in [0, 0.05) is 12.0 Å². The molecule has 0 aliphatic rings. The van der Waals surface area contributed by atoms with Crippen LogP contribution in [-0.2, 0) is 9.59 Å². The third-order valence-corrected chi connectivity index (χ3v) is 1.39. The molecule has 0 aliphatic carbocycles. The van der Waals surface area contributed by atoms with Crippen LogP contribution in [0, 0.1) is 5.92 Å². The van der Waals surface area contributed by atoms with Gasteiger partial charge >= 0.3 is 0 Å². The molecule has 0 aromatic carbocycles. The molecule has 0 fully saturated rings. The standard InChI is InChI=1S/C6H11NO.C6H10O/c1-4-6(8)7-5(2)3;1-4-6(7)5(2)3/h4-5H,1H2,2-3H3,(H,7,8);4-5H,1H2,2-3H3. The van der Waals surface area contributed by atoms with E-state index < -0.39 is 0 Å². The molecule has 0 radical (unpaired) electrons. The van der Waals surface area contributed by atoms with E-state index in [4.69, 9.17) is 0 Å². The molecule has 0 heterocycles. The van der Waals surface area contributed by atoms with Crippen molar-refractivity contribution in [3.63, 3.8) is 0 Å². The van der Waals surface area contributed by atoms with Crippen molar-refractivity contribution in [2.24, 2.45) is 5.92 Å². The zero-order chi connectivity index (χ0) is 12.4. The molecular weight excluding hydrogens is 190 g/mol. The van der Waals surface area contributed by atoms with Crippen molar-refractivity contribution >= 4 is 11.7 Å². The second-order valence-electron chi connectivity index (χ2n) is 3.63. The largest absolute Gasteiger partial charge is 0.350 e. The monoisotopic (exact) mass is 211 g/mol. The van der Waals surface area contributed by atoms with E-state index in [1.165, 1.54) is 12.2 Å². The molecule has 0 spiro atoms. The van der Waals surface area contributed by atoms with Gasteiger partial charge in [-0.25, -0.2) is 0 Å². The first kappa shape index (κ1) is 16.1. The first-order chi connectivity index (χ1) is 6.84. The van der Waals surface area contributed by atoms with E-state index in [1.54, 1.807) is 0 Å². The van der Waals surface area contributed by atoms with E-state index >= 15 is 0 Å². The van der Waals surface area contributed by atoms with Crippen LogP contribution in [0.5, 0.6) is 0 Å². The quantitative estimate of drug-likeness (QED) is 0.724. The van der Waals surface area contributed by atoms with Crippen molar-refractivity contribution in [3.05, 3.63) is 25.3 Å². The van der Waals surface area contributed by atoms with Crippen LogP contribution >= 0.6 is 0 Å². The molecule has 0 unspecified atom stereocenters. The second kappa shape index (κ2) is 9.19. The van der Waals surface area contributed by atoms with Gasteiger partial charge in [0.2, 0.25) is 5.91 Å². The van der Waals surface area contributed by atoms with Gasteiger partial charge in [0.25, 0.3) is 0 Å². The minimum absolute atomic E-state index is 0.109. The highest BCUT2D eigenvalue weighted by Gasteiger charge is 1.98. The molecule has 86 valence electrons. The number of carbonyl (C=O) groups is 2. The van der Waals surface area contributed by atoms with Crippen LogP contribution in [0.3, 0.4) is 0 Å². The number of nitrogens with one attached hydrogen (secondary N) is 1. The summed E-state index contributed by atoms with van der Waals surface area (Å²) in [6.45, 7) is 14.1. The van der Waals surface area contributed by atoms with Gasteiger partial charge in [-0.05, 0) is 26.0 Å². The van der Waals surface area contributed by atoms with Crippen LogP contribution in [0.1, 0.15) is 27.7 Å². The van der Waals surface area contributed by atoms with Crippen molar-refractivity contribution in [1.29, 1.82) is 0 Å². The summed E-state index contributed by atoms with van der Waals surface area (Å²) in [6, 6.07) is 0.209. The zero-order valence-corrected chi connectivity index (χ0v) is 10.0. The molecule has 0 aromatic heterocycles. The lowest BCUT2D eigenvalue weighted by molar-refractivity contribution is -0.117. The number of carbonyl (C=O) groups excluding carboxylic acids is 2. The van der Waals surface area contributed by atoms with Gasteiger partial charge in [0.15, 0.2) is 5.78 Å². The van der Waals surface area contributed by atoms with Gasteiger partial charge in [0.1, 0.15) is 0 Å². The Balaban J connectivity index is 0. The summed E-state index contributed by atoms with van der Waals surface area (Å²) in [5.74, 6) is 0.109. The number of rotatable bonds is 4. The van der Waals surface area contributed by atoms with Gasteiger partial charge in [-0.3, -0.25) is 9.59 Å². The molecule has 0 atom stereocenters. The van der Waals surface area contributed by atoms with E-state index in [0.717, 1.165) is 0 Å². The van der Waals surface area contributed by atoms with E-state index in [9.17, 15) is 9.59 Å². The third kappa shape index (κ3) is 12.6. The molecule has 3 nitrogen and oxygen atoms in total. The molecule has 15 heavy (non-hydrogen) atoms. The predicted molar refractivity (Wildman–Crippen MR) is 63.5 cm³/mol. The second-order valence-corrected chi connectivity index (χ2v) is 3.63. The number of allylic oxidation sites excluding steroid dienone is 1. The number of hydrogen-bond donors (Lipinski definition) is 1. The molecule has 1 N–H and O–H groups in total. The lowest BCUT2D eigenvalue weighted by Crippen LogP contribution is -2.27. The fraction of sp³-hybridized carbons (Fsp3) is 0.500. The summed E-state index contributed by atoms with van der Waals surface area (Å²) in [6.07, 6.45) is 2.62. The average molecular weight is 211 g/mol. The molecule has 0 saturated carbocycles. The van der Waals surface area contributed by atoms with E-state index in [0.29, 0.717) is 0 Å². The zero-order valence-electron chi connectivity index (χ0n) is 10.0. The summed E-state index contributed by atoms with van der Waals surface area (Å²) in [5, 5.41) is 2.64. The highest BCUT2D eigenvalue weighted by molar-refractivity contribution is 5.90. The fourth-order valence-electron chi connectivity index (χ4n) is 0.579. The lowest BCUT2D eigenvalue weighted by atomic mass is 10.1. The molecule has 3 heteroatoms. The highest BCUT2D eigenvalue weighted by Crippen LogP contribution is 1.92. The smallest absolute Gasteiger partial charge is 0.243 e.